The lowest BCUT2D eigenvalue weighted by molar-refractivity contribution is 0.757. The summed E-state index contributed by atoms with van der Waals surface area (Å²) in [5, 5.41) is 8.97. The summed E-state index contributed by atoms with van der Waals surface area (Å²) in [7, 11) is 3.85. The third kappa shape index (κ3) is 1.83. The maximum Gasteiger partial charge on any atom is 0.186 e. The zero-order chi connectivity index (χ0) is 14.4. The summed E-state index contributed by atoms with van der Waals surface area (Å²) >= 11 is 0. The van der Waals surface area contributed by atoms with Crippen LogP contribution in [0, 0.1) is 18.8 Å². The molecule has 0 aliphatic carbocycles. The minimum absolute atomic E-state index is 0.664. The van der Waals surface area contributed by atoms with E-state index < -0.39 is 0 Å². The Hall–Kier alpha value is -2.64. The highest BCUT2D eigenvalue weighted by molar-refractivity contribution is 5.73. The van der Waals surface area contributed by atoms with E-state index in [2.05, 4.69) is 30.6 Å². The number of rotatable bonds is 2. The second-order valence-electron chi connectivity index (χ2n) is 4.67. The van der Waals surface area contributed by atoms with Crippen molar-refractivity contribution in [3.63, 3.8) is 0 Å². The summed E-state index contributed by atoms with van der Waals surface area (Å²) in [5.41, 5.74) is 1.75. The Bertz CT molecular complexity index is 617. The first-order chi connectivity index (χ1) is 10.2. The van der Waals surface area contributed by atoms with Crippen LogP contribution in [0.3, 0.4) is 0 Å². The van der Waals surface area contributed by atoms with Crippen LogP contribution >= 0.6 is 0 Å². The molecule has 2 aliphatic rings. The summed E-state index contributed by atoms with van der Waals surface area (Å²) in [5.74, 6) is 1.33. The molecule has 4 rings (SSSR count). The average Bonchev–Trinajstić information content (AvgIpc) is 2.99. The normalized spacial score (nSPS) is 17.4. The predicted molar refractivity (Wildman–Crippen MR) is 75.2 cm³/mol. The molecule has 0 saturated heterocycles. The molecule has 0 unspecified atom stereocenters. The van der Waals surface area contributed by atoms with Crippen molar-refractivity contribution in [2.24, 2.45) is 0 Å². The van der Waals surface area contributed by atoms with E-state index in [1.165, 1.54) is 12.7 Å². The van der Waals surface area contributed by atoms with Gasteiger partial charge in [-0.25, -0.2) is 30.6 Å². The van der Waals surface area contributed by atoms with Crippen molar-refractivity contribution in [1.29, 1.82) is 0 Å². The van der Waals surface area contributed by atoms with Crippen LogP contribution in [-0.2, 0) is 0 Å². The molecule has 0 spiro atoms. The van der Waals surface area contributed by atoms with E-state index in [0.29, 0.717) is 11.6 Å². The van der Waals surface area contributed by atoms with Gasteiger partial charge in [-0.1, -0.05) is 0 Å². The summed E-state index contributed by atoms with van der Waals surface area (Å²) < 4.78 is 0. The van der Waals surface area contributed by atoms with E-state index in [1.54, 1.807) is 12.4 Å². The SMILES string of the molecule is CN1[C]([CH][C]2[N]c3ncncc3N2C)[N]c2ncncc21. The molecule has 0 aromatic carbocycles. The number of hydrogen-bond donors (Lipinski definition) is 0. The summed E-state index contributed by atoms with van der Waals surface area (Å²) in [4.78, 5) is 20.2. The molecule has 2 aromatic rings. The van der Waals surface area contributed by atoms with Gasteiger partial charge in [0.05, 0.1) is 18.8 Å². The van der Waals surface area contributed by atoms with Gasteiger partial charge in [-0.3, -0.25) is 0 Å². The highest BCUT2D eigenvalue weighted by Gasteiger charge is 2.38. The number of fused-ring (bicyclic) bond motifs is 2. The van der Waals surface area contributed by atoms with Gasteiger partial charge in [-0.2, -0.15) is 0 Å². The molecular weight excluding hydrogens is 268 g/mol. The van der Waals surface area contributed by atoms with Gasteiger partial charge >= 0.3 is 0 Å². The highest BCUT2D eigenvalue weighted by atomic mass is 15.4. The predicted octanol–water partition coefficient (Wildman–Crippen LogP) is 0.521. The average molecular weight is 279 g/mol. The molecule has 8 heteroatoms. The Labute approximate surface area is 122 Å². The van der Waals surface area contributed by atoms with E-state index in [4.69, 9.17) is 0 Å². The summed E-state index contributed by atoms with van der Waals surface area (Å²) in [6.45, 7) is 0. The van der Waals surface area contributed by atoms with Gasteiger partial charge in [0.25, 0.3) is 0 Å². The molecule has 21 heavy (non-hydrogen) atoms. The fraction of sp³-hybridized carbons (Fsp3) is 0.154. The molecule has 0 N–H and O–H groups in total. The van der Waals surface area contributed by atoms with Crippen molar-refractivity contribution in [3.05, 3.63) is 43.8 Å². The first-order valence-electron chi connectivity index (χ1n) is 6.33. The number of aromatic nitrogens is 4. The van der Waals surface area contributed by atoms with Crippen LogP contribution in [0.4, 0.5) is 23.0 Å². The second-order valence-corrected chi connectivity index (χ2v) is 4.67. The van der Waals surface area contributed by atoms with Gasteiger partial charge in [0.15, 0.2) is 24.0 Å². The van der Waals surface area contributed by atoms with Crippen LogP contribution in [0.1, 0.15) is 0 Å². The van der Waals surface area contributed by atoms with Crippen molar-refractivity contribution in [2.75, 3.05) is 23.9 Å². The Balaban J connectivity index is 1.52. The third-order valence-corrected chi connectivity index (χ3v) is 3.45. The van der Waals surface area contributed by atoms with Crippen LogP contribution in [0.5, 0.6) is 0 Å². The van der Waals surface area contributed by atoms with Gasteiger partial charge < -0.3 is 9.80 Å². The van der Waals surface area contributed by atoms with E-state index in [1.807, 2.05) is 30.3 Å². The topological polar surface area (TPSA) is 86.2 Å². The molecule has 2 aromatic heterocycles. The molecule has 0 saturated carbocycles. The van der Waals surface area contributed by atoms with Gasteiger partial charge in [0, 0.05) is 14.1 Å². The molecule has 4 heterocycles. The number of anilines is 2. The molecule has 5 radical (unpaired) electrons. The highest BCUT2D eigenvalue weighted by Crippen LogP contribution is 2.41. The standard InChI is InChI=1S/C13H11N8/c1-20-8-4-14-6-16-12(8)18-10(20)3-11-19-13-9(21(11)2)5-15-7-17-13/h3-7H,1-2H3. The van der Waals surface area contributed by atoms with E-state index in [9.17, 15) is 0 Å². The quantitative estimate of drug-likeness (QED) is 0.796. The van der Waals surface area contributed by atoms with Crippen LogP contribution in [0.2, 0.25) is 0 Å². The maximum absolute atomic E-state index is 4.49. The number of hydrogen-bond acceptors (Lipinski definition) is 6. The van der Waals surface area contributed by atoms with Gasteiger partial charge in [0.1, 0.15) is 24.0 Å². The Morgan fingerprint density at radius 1 is 0.810 bits per heavy atom. The van der Waals surface area contributed by atoms with Crippen LogP contribution in [-0.4, -0.2) is 34.0 Å². The zero-order valence-electron chi connectivity index (χ0n) is 11.5. The fourth-order valence-corrected chi connectivity index (χ4v) is 2.26. The van der Waals surface area contributed by atoms with Gasteiger partial charge in [0.2, 0.25) is 0 Å². The third-order valence-electron chi connectivity index (χ3n) is 3.45. The Morgan fingerprint density at radius 3 is 1.71 bits per heavy atom. The zero-order valence-corrected chi connectivity index (χ0v) is 11.5. The van der Waals surface area contributed by atoms with Crippen LogP contribution in [0.15, 0.2) is 25.0 Å². The lowest BCUT2D eigenvalue weighted by Gasteiger charge is -2.24. The second kappa shape index (κ2) is 4.44. The van der Waals surface area contributed by atoms with E-state index in [0.717, 1.165) is 23.7 Å². The van der Waals surface area contributed by atoms with E-state index >= 15 is 0 Å². The molecule has 0 atom stereocenters. The smallest absolute Gasteiger partial charge is 0.186 e. The molecule has 0 amide bonds. The van der Waals surface area contributed by atoms with Gasteiger partial charge in [-0.05, 0) is 0 Å². The van der Waals surface area contributed by atoms with Crippen molar-refractivity contribution >= 4 is 23.0 Å². The van der Waals surface area contributed by atoms with E-state index in [-0.39, 0.29) is 0 Å². The summed E-state index contributed by atoms with van der Waals surface area (Å²) in [6.07, 6.45) is 9.88. The fourth-order valence-electron chi connectivity index (χ4n) is 2.26. The lowest BCUT2D eigenvalue weighted by Crippen LogP contribution is -2.32. The largest absolute Gasteiger partial charge is 0.342 e. The summed E-state index contributed by atoms with van der Waals surface area (Å²) in [6, 6.07) is 0. The molecule has 0 fully saturated rings. The first-order valence-corrected chi connectivity index (χ1v) is 6.33. The lowest BCUT2D eigenvalue weighted by atomic mass is 10.2. The Kier molecular flexibility index (Phi) is 2.56. The minimum Gasteiger partial charge on any atom is -0.342 e. The molecule has 2 aliphatic heterocycles. The minimum atomic E-state index is 0.664. The van der Waals surface area contributed by atoms with Crippen LogP contribution < -0.4 is 20.4 Å². The van der Waals surface area contributed by atoms with Crippen molar-refractivity contribution in [2.45, 2.75) is 0 Å². The van der Waals surface area contributed by atoms with Crippen molar-refractivity contribution in [1.82, 2.24) is 30.6 Å². The molecule has 8 nitrogen and oxygen atoms in total. The maximum atomic E-state index is 4.49. The van der Waals surface area contributed by atoms with Gasteiger partial charge in [-0.15, -0.1) is 0 Å². The monoisotopic (exact) mass is 279 g/mol. The molecular formula is C13H11N8. The number of nitrogens with zero attached hydrogens (tertiary/aromatic N) is 8. The Morgan fingerprint density at radius 2 is 1.29 bits per heavy atom. The van der Waals surface area contributed by atoms with Crippen molar-refractivity contribution in [3.8, 4) is 0 Å². The molecule has 103 valence electrons. The first kappa shape index (κ1) is 12.1. The van der Waals surface area contributed by atoms with Crippen molar-refractivity contribution < 1.29 is 0 Å². The molecule has 0 bridgehead atoms. The van der Waals surface area contributed by atoms with Crippen LogP contribution in [0.25, 0.3) is 0 Å².